The zero-order valence-corrected chi connectivity index (χ0v) is 9.06. The molecule has 1 aromatic carbocycles. The Bertz CT molecular complexity index is 613. The van der Waals surface area contributed by atoms with Crippen LogP contribution < -0.4 is 5.76 Å². The Morgan fingerprint density at radius 3 is 2.88 bits per heavy atom. The maximum absolute atomic E-state index is 11.5. The first-order valence-electron chi connectivity index (χ1n) is 4.54. The highest BCUT2D eigenvalue weighted by atomic mass is 35.5. The van der Waals surface area contributed by atoms with Crippen LogP contribution in [0.4, 0.5) is 0 Å². The molecule has 2 rings (SSSR count). The standard InChI is InChI=1S/C10H8ClNO4/c1-5(9(13)14)12-7-4-2-3-6(11)8(7)16-10(12)15/h2-5H,1H3,(H,13,14)/t5-/m0/s1. The predicted molar refractivity (Wildman–Crippen MR) is 57.8 cm³/mol. The van der Waals surface area contributed by atoms with Crippen molar-refractivity contribution in [3.63, 3.8) is 0 Å². The van der Waals surface area contributed by atoms with Gasteiger partial charge in [-0.3, -0.25) is 4.57 Å². The van der Waals surface area contributed by atoms with Crippen molar-refractivity contribution in [1.82, 2.24) is 4.57 Å². The molecule has 0 aliphatic carbocycles. The van der Waals surface area contributed by atoms with Gasteiger partial charge in [-0.05, 0) is 19.1 Å². The second-order valence-electron chi connectivity index (χ2n) is 3.34. The average Bonchev–Trinajstić information content (AvgIpc) is 2.55. The molecule has 1 heterocycles. The molecule has 0 saturated heterocycles. The quantitative estimate of drug-likeness (QED) is 0.872. The molecule has 2 aromatic rings. The number of aromatic nitrogens is 1. The summed E-state index contributed by atoms with van der Waals surface area (Å²) in [6.07, 6.45) is 0. The third-order valence-corrected chi connectivity index (χ3v) is 2.63. The first-order chi connectivity index (χ1) is 7.52. The zero-order valence-electron chi connectivity index (χ0n) is 8.31. The maximum Gasteiger partial charge on any atom is 0.420 e. The molecular weight excluding hydrogens is 234 g/mol. The number of rotatable bonds is 2. The molecule has 6 heteroatoms. The number of fused-ring (bicyclic) bond motifs is 1. The highest BCUT2D eigenvalue weighted by molar-refractivity contribution is 6.34. The van der Waals surface area contributed by atoms with E-state index in [1.165, 1.54) is 6.92 Å². The molecule has 1 aromatic heterocycles. The Morgan fingerprint density at radius 2 is 2.25 bits per heavy atom. The second-order valence-corrected chi connectivity index (χ2v) is 3.75. The number of nitrogens with zero attached hydrogens (tertiary/aromatic N) is 1. The zero-order chi connectivity index (χ0) is 11.9. The molecular formula is C10H8ClNO4. The largest absolute Gasteiger partial charge is 0.480 e. The summed E-state index contributed by atoms with van der Waals surface area (Å²) in [5.74, 6) is -1.83. The van der Waals surface area contributed by atoms with Crippen LogP contribution >= 0.6 is 11.6 Å². The van der Waals surface area contributed by atoms with Gasteiger partial charge >= 0.3 is 11.7 Å². The van der Waals surface area contributed by atoms with Gasteiger partial charge in [0, 0.05) is 0 Å². The predicted octanol–water partition coefficient (Wildman–Crippen LogP) is 1.89. The van der Waals surface area contributed by atoms with E-state index in [0.29, 0.717) is 5.52 Å². The van der Waals surface area contributed by atoms with Crippen molar-refractivity contribution in [1.29, 1.82) is 0 Å². The lowest BCUT2D eigenvalue weighted by molar-refractivity contribution is -0.140. The molecule has 1 atom stereocenters. The number of para-hydroxylation sites is 1. The van der Waals surface area contributed by atoms with E-state index in [1.807, 2.05) is 0 Å². The van der Waals surface area contributed by atoms with Crippen LogP contribution in [-0.2, 0) is 4.79 Å². The van der Waals surface area contributed by atoms with Crippen molar-refractivity contribution in [3.8, 4) is 0 Å². The smallest absolute Gasteiger partial charge is 0.420 e. The summed E-state index contributed by atoms with van der Waals surface area (Å²) in [6.45, 7) is 1.40. The minimum atomic E-state index is -1.11. The van der Waals surface area contributed by atoms with Gasteiger partial charge in [-0.2, -0.15) is 0 Å². The maximum atomic E-state index is 11.5. The van der Waals surface area contributed by atoms with E-state index in [1.54, 1.807) is 18.2 Å². The van der Waals surface area contributed by atoms with Crippen LogP contribution in [0.5, 0.6) is 0 Å². The lowest BCUT2D eigenvalue weighted by Crippen LogP contribution is -2.24. The first-order valence-corrected chi connectivity index (χ1v) is 4.92. The number of hydrogen-bond acceptors (Lipinski definition) is 3. The van der Waals surface area contributed by atoms with E-state index < -0.39 is 17.8 Å². The van der Waals surface area contributed by atoms with Crippen molar-refractivity contribution in [2.45, 2.75) is 13.0 Å². The number of benzene rings is 1. The summed E-state index contributed by atoms with van der Waals surface area (Å²) in [4.78, 5) is 22.4. The minimum Gasteiger partial charge on any atom is -0.480 e. The van der Waals surface area contributed by atoms with E-state index in [9.17, 15) is 9.59 Å². The molecule has 0 aliphatic heterocycles. The summed E-state index contributed by atoms with van der Waals surface area (Å²) >= 11 is 5.83. The Morgan fingerprint density at radius 1 is 1.56 bits per heavy atom. The summed E-state index contributed by atoms with van der Waals surface area (Å²) in [5, 5.41) is 9.16. The summed E-state index contributed by atoms with van der Waals surface area (Å²) < 4.78 is 5.97. The van der Waals surface area contributed by atoms with Crippen molar-refractivity contribution >= 4 is 28.7 Å². The van der Waals surface area contributed by atoms with Crippen molar-refractivity contribution in [2.24, 2.45) is 0 Å². The summed E-state index contributed by atoms with van der Waals surface area (Å²) in [7, 11) is 0. The highest BCUT2D eigenvalue weighted by Crippen LogP contribution is 2.24. The van der Waals surface area contributed by atoms with Gasteiger partial charge in [0.25, 0.3) is 0 Å². The van der Waals surface area contributed by atoms with Gasteiger partial charge in [0.2, 0.25) is 0 Å². The monoisotopic (exact) mass is 241 g/mol. The molecule has 0 amide bonds. The van der Waals surface area contributed by atoms with E-state index in [2.05, 4.69) is 0 Å². The molecule has 84 valence electrons. The fraction of sp³-hybridized carbons (Fsp3) is 0.200. The number of oxazole rings is 1. The average molecular weight is 242 g/mol. The van der Waals surface area contributed by atoms with Crippen LogP contribution in [0.3, 0.4) is 0 Å². The number of halogens is 1. The van der Waals surface area contributed by atoms with Crippen molar-refractivity contribution in [2.75, 3.05) is 0 Å². The van der Waals surface area contributed by atoms with Gasteiger partial charge in [-0.25, -0.2) is 9.59 Å². The molecule has 0 bridgehead atoms. The lowest BCUT2D eigenvalue weighted by atomic mass is 10.3. The fourth-order valence-corrected chi connectivity index (χ4v) is 1.71. The first kappa shape index (κ1) is 10.8. The highest BCUT2D eigenvalue weighted by Gasteiger charge is 2.21. The van der Waals surface area contributed by atoms with Crippen LogP contribution in [0.15, 0.2) is 27.4 Å². The lowest BCUT2D eigenvalue weighted by Gasteiger charge is -2.06. The van der Waals surface area contributed by atoms with E-state index in [-0.39, 0.29) is 10.6 Å². The number of hydrogen-bond donors (Lipinski definition) is 1. The Hall–Kier alpha value is -1.75. The van der Waals surface area contributed by atoms with Crippen LogP contribution in [0.1, 0.15) is 13.0 Å². The molecule has 0 radical (unpaired) electrons. The van der Waals surface area contributed by atoms with Crippen LogP contribution in [-0.4, -0.2) is 15.6 Å². The Balaban J connectivity index is 2.80. The minimum absolute atomic E-state index is 0.210. The van der Waals surface area contributed by atoms with E-state index in [4.69, 9.17) is 21.1 Å². The van der Waals surface area contributed by atoms with Gasteiger partial charge in [-0.1, -0.05) is 17.7 Å². The van der Waals surface area contributed by atoms with Gasteiger partial charge in [-0.15, -0.1) is 0 Å². The number of carboxylic acids is 1. The molecule has 0 spiro atoms. The van der Waals surface area contributed by atoms with Gasteiger partial charge < -0.3 is 9.52 Å². The summed E-state index contributed by atoms with van der Waals surface area (Å²) in [6, 6.07) is 3.80. The molecule has 0 unspecified atom stereocenters. The number of carboxylic acid groups (broad SMARTS) is 1. The second kappa shape index (κ2) is 3.68. The molecule has 1 N–H and O–H groups in total. The SMILES string of the molecule is C[C@@H](C(=O)O)n1c(=O)oc2c(Cl)cccc21. The normalized spacial score (nSPS) is 12.9. The topological polar surface area (TPSA) is 72.4 Å². The third kappa shape index (κ3) is 1.49. The Kier molecular flexibility index (Phi) is 2.47. The summed E-state index contributed by atoms with van der Waals surface area (Å²) in [5.41, 5.74) is 0.592. The fourth-order valence-electron chi connectivity index (χ4n) is 1.50. The van der Waals surface area contributed by atoms with Crippen LogP contribution in [0.25, 0.3) is 11.1 Å². The molecule has 16 heavy (non-hydrogen) atoms. The molecule has 0 fully saturated rings. The van der Waals surface area contributed by atoms with Gasteiger partial charge in [0.1, 0.15) is 6.04 Å². The third-order valence-electron chi connectivity index (χ3n) is 2.34. The molecule has 5 nitrogen and oxygen atoms in total. The van der Waals surface area contributed by atoms with E-state index >= 15 is 0 Å². The van der Waals surface area contributed by atoms with Crippen LogP contribution in [0.2, 0.25) is 5.02 Å². The van der Waals surface area contributed by atoms with Crippen molar-refractivity contribution in [3.05, 3.63) is 33.8 Å². The Labute approximate surface area is 94.9 Å². The number of aliphatic carboxylic acids is 1. The van der Waals surface area contributed by atoms with Crippen molar-refractivity contribution < 1.29 is 14.3 Å². The van der Waals surface area contributed by atoms with E-state index in [0.717, 1.165) is 4.57 Å². The van der Waals surface area contributed by atoms with Gasteiger partial charge in [0.05, 0.1) is 10.5 Å². The number of carbonyl (C=O) groups is 1. The van der Waals surface area contributed by atoms with Crippen LogP contribution in [0, 0.1) is 0 Å². The van der Waals surface area contributed by atoms with Gasteiger partial charge in [0.15, 0.2) is 5.58 Å². The molecule has 0 saturated carbocycles. The molecule has 0 aliphatic rings.